The number of rotatable bonds is 8. The number of aryl methyl sites for hydroxylation is 6. The highest BCUT2D eigenvalue weighted by Gasteiger charge is 2.21. The van der Waals surface area contributed by atoms with Crippen LogP contribution in [0.15, 0.2) is 46.2 Å². The molecule has 0 unspecified atom stereocenters. The molecule has 0 saturated heterocycles. The van der Waals surface area contributed by atoms with E-state index in [0.29, 0.717) is 22.3 Å². The summed E-state index contributed by atoms with van der Waals surface area (Å²) >= 11 is 0. The van der Waals surface area contributed by atoms with Gasteiger partial charge in [0, 0.05) is 0 Å². The van der Waals surface area contributed by atoms with E-state index in [4.69, 9.17) is 8.37 Å². The lowest BCUT2D eigenvalue weighted by atomic mass is 10.1. The third kappa shape index (κ3) is 5.78. The monoisotopic (exact) mass is 452 g/mol. The normalized spacial score (nSPS) is 12.6. The molecule has 30 heavy (non-hydrogen) atoms. The Bertz CT molecular complexity index is 1040. The molecule has 0 heterocycles. The summed E-state index contributed by atoms with van der Waals surface area (Å²) in [6.07, 6.45) is 2.83. The van der Waals surface area contributed by atoms with Gasteiger partial charge in [0.2, 0.25) is 0 Å². The molecule has 0 aliphatic carbocycles. The second-order valence-electron chi connectivity index (χ2n) is 7.40. The first kappa shape index (κ1) is 24.3. The average molecular weight is 453 g/mol. The molecular weight excluding hydrogens is 424 g/mol. The van der Waals surface area contributed by atoms with E-state index in [-0.39, 0.29) is 23.0 Å². The van der Waals surface area contributed by atoms with Gasteiger partial charge in [0.25, 0.3) is 20.2 Å². The van der Waals surface area contributed by atoms with Gasteiger partial charge in [-0.25, -0.2) is 0 Å². The van der Waals surface area contributed by atoms with Crippen LogP contribution in [0.25, 0.3) is 0 Å². The summed E-state index contributed by atoms with van der Waals surface area (Å²) in [6.45, 7) is 10.2. The molecule has 164 valence electrons. The standard InChI is InChI=1S/C22H28O6S2/c1-15-11-17(3)21(18(4)12-15)29(23,24)27-9-7-8-10-28-30(25,26)22-19(5)13-16(2)14-20(22)6/h7-8,11-14H,9-10H2,1-6H3. The lowest BCUT2D eigenvalue weighted by Crippen LogP contribution is -2.11. The molecule has 0 radical (unpaired) electrons. The molecule has 0 atom stereocenters. The fourth-order valence-corrected chi connectivity index (χ4v) is 6.20. The molecule has 0 fully saturated rings. The summed E-state index contributed by atoms with van der Waals surface area (Å²) in [7, 11) is -7.85. The van der Waals surface area contributed by atoms with E-state index in [1.165, 1.54) is 12.2 Å². The van der Waals surface area contributed by atoms with Gasteiger partial charge < -0.3 is 0 Å². The Labute approximate surface area is 179 Å². The Morgan fingerprint density at radius 1 is 0.600 bits per heavy atom. The van der Waals surface area contributed by atoms with Crippen LogP contribution in [0.1, 0.15) is 33.4 Å². The van der Waals surface area contributed by atoms with Crippen molar-refractivity contribution >= 4 is 20.2 Å². The van der Waals surface area contributed by atoms with Crippen molar-refractivity contribution in [3.8, 4) is 0 Å². The topological polar surface area (TPSA) is 86.7 Å². The van der Waals surface area contributed by atoms with Crippen molar-refractivity contribution in [2.75, 3.05) is 13.2 Å². The summed E-state index contributed by atoms with van der Waals surface area (Å²) in [5.74, 6) is 0. The van der Waals surface area contributed by atoms with Gasteiger partial charge in [0.1, 0.15) is 0 Å². The van der Waals surface area contributed by atoms with Crippen LogP contribution in [-0.4, -0.2) is 30.0 Å². The molecule has 6 nitrogen and oxygen atoms in total. The fourth-order valence-electron chi connectivity index (χ4n) is 3.63. The van der Waals surface area contributed by atoms with Gasteiger partial charge in [0.05, 0.1) is 23.0 Å². The molecule has 0 saturated carbocycles. The van der Waals surface area contributed by atoms with E-state index in [1.807, 2.05) is 13.8 Å². The molecule has 0 amide bonds. The molecule has 0 aliphatic rings. The molecule has 0 aromatic heterocycles. The highest BCUT2D eigenvalue weighted by molar-refractivity contribution is 7.87. The summed E-state index contributed by atoms with van der Waals surface area (Å²) in [6, 6.07) is 7.14. The zero-order valence-corrected chi connectivity index (χ0v) is 19.8. The largest absolute Gasteiger partial charge is 0.297 e. The maximum absolute atomic E-state index is 12.5. The predicted molar refractivity (Wildman–Crippen MR) is 117 cm³/mol. The third-order valence-corrected chi connectivity index (χ3v) is 7.70. The lowest BCUT2D eigenvalue weighted by molar-refractivity contribution is 0.345. The highest BCUT2D eigenvalue weighted by atomic mass is 32.2. The van der Waals surface area contributed by atoms with Gasteiger partial charge in [-0.2, -0.15) is 16.8 Å². The van der Waals surface area contributed by atoms with Crippen molar-refractivity contribution in [3.63, 3.8) is 0 Å². The zero-order chi connectivity index (χ0) is 22.7. The maximum Gasteiger partial charge on any atom is 0.297 e. The van der Waals surface area contributed by atoms with Crippen LogP contribution in [0, 0.1) is 41.5 Å². The van der Waals surface area contributed by atoms with Crippen molar-refractivity contribution in [3.05, 3.63) is 69.8 Å². The average Bonchev–Trinajstić information content (AvgIpc) is 2.55. The van der Waals surface area contributed by atoms with Crippen LogP contribution in [0.4, 0.5) is 0 Å². The summed E-state index contributed by atoms with van der Waals surface area (Å²) < 4.78 is 60.1. The van der Waals surface area contributed by atoms with Crippen LogP contribution >= 0.6 is 0 Å². The zero-order valence-electron chi connectivity index (χ0n) is 18.1. The first-order valence-electron chi connectivity index (χ1n) is 9.44. The molecular formula is C22H28O6S2. The van der Waals surface area contributed by atoms with Crippen molar-refractivity contribution < 1.29 is 25.2 Å². The van der Waals surface area contributed by atoms with E-state index in [9.17, 15) is 16.8 Å². The van der Waals surface area contributed by atoms with E-state index >= 15 is 0 Å². The molecule has 2 aromatic rings. The Morgan fingerprint density at radius 3 is 1.13 bits per heavy atom. The molecule has 2 rings (SSSR count). The number of benzene rings is 2. The molecule has 8 heteroatoms. The maximum atomic E-state index is 12.5. The van der Waals surface area contributed by atoms with Crippen LogP contribution in [0.3, 0.4) is 0 Å². The van der Waals surface area contributed by atoms with Crippen LogP contribution < -0.4 is 0 Å². The summed E-state index contributed by atoms with van der Waals surface area (Å²) in [4.78, 5) is 0.316. The van der Waals surface area contributed by atoms with Gasteiger partial charge in [-0.15, -0.1) is 0 Å². The van der Waals surface area contributed by atoms with Gasteiger partial charge in [0.15, 0.2) is 0 Å². The second kappa shape index (κ2) is 9.43. The SMILES string of the molecule is Cc1cc(C)c(S(=O)(=O)OCC=CCOS(=O)(=O)c2c(C)cc(C)cc2C)c(C)c1. The van der Waals surface area contributed by atoms with Crippen LogP contribution in [0.5, 0.6) is 0 Å². The van der Waals surface area contributed by atoms with Crippen molar-refractivity contribution in [1.29, 1.82) is 0 Å². The molecule has 2 aromatic carbocycles. The minimum Gasteiger partial charge on any atom is -0.262 e. The van der Waals surface area contributed by atoms with E-state index in [0.717, 1.165) is 11.1 Å². The van der Waals surface area contributed by atoms with Gasteiger partial charge in [-0.3, -0.25) is 8.37 Å². The molecule has 0 aliphatic heterocycles. The van der Waals surface area contributed by atoms with Crippen molar-refractivity contribution in [2.45, 2.75) is 51.3 Å². The van der Waals surface area contributed by atoms with Crippen LogP contribution in [-0.2, 0) is 28.6 Å². The summed E-state index contributed by atoms with van der Waals surface area (Å²) in [5.41, 5.74) is 4.43. The first-order valence-corrected chi connectivity index (χ1v) is 12.3. The minimum atomic E-state index is -3.92. The first-order chi connectivity index (χ1) is 13.8. The van der Waals surface area contributed by atoms with Crippen molar-refractivity contribution in [1.82, 2.24) is 0 Å². The quantitative estimate of drug-likeness (QED) is 0.441. The number of hydrogen-bond acceptors (Lipinski definition) is 6. The smallest absolute Gasteiger partial charge is 0.262 e. The third-order valence-electron chi connectivity index (χ3n) is 4.51. The van der Waals surface area contributed by atoms with Crippen molar-refractivity contribution in [2.24, 2.45) is 0 Å². The van der Waals surface area contributed by atoms with Gasteiger partial charge >= 0.3 is 0 Å². The van der Waals surface area contributed by atoms with E-state index < -0.39 is 20.2 Å². The molecule has 0 spiro atoms. The van der Waals surface area contributed by atoms with Gasteiger partial charge in [-0.1, -0.05) is 47.5 Å². The Balaban J connectivity index is 2.00. The predicted octanol–water partition coefficient (Wildman–Crippen LogP) is 4.20. The highest BCUT2D eigenvalue weighted by Crippen LogP contribution is 2.24. The van der Waals surface area contributed by atoms with Gasteiger partial charge in [-0.05, 0) is 63.8 Å². The molecule has 0 N–H and O–H groups in total. The van der Waals surface area contributed by atoms with Crippen LogP contribution in [0.2, 0.25) is 0 Å². The Morgan fingerprint density at radius 2 is 0.867 bits per heavy atom. The lowest BCUT2D eigenvalue weighted by Gasteiger charge is -2.12. The van der Waals surface area contributed by atoms with E-state index in [2.05, 4.69) is 0 Å². The Kier molecular flexibility index (Phi) is 7.63. The number of hydrogen-bond donors (Lipinski definition) is 0. The summed E-state index contributed by atoms with van der Waals surface area (Å²) in [5, 5.41) is 0. The fraction of sp³-hybridized carbons (Fsp3) is 0.364. The van der Waals surface area contributed by atoms with E-state index in [1.54, 1.807) is 52.0 Å². The minimum absolute atomic E-state index is 0.158. The molecule has 0 bridgehead atoms. The Hall–Kier alpha value is -2.00. The second-order valence-corrected chi connectivity index (χ2v) is 10.5.